The predicted molar refractivity (Wildman–Crippen MR) is 107 cm³/mol. The van der Waals surface area contributed by atoms with E-state index in [9.17, 15) is 18.0 Å². The van der Waals surface area contributed by atoms with Gasteiger partial charge in [-0.2, -0.15) is 0 Å². The molecule has 0 saturated heterocycles. The van der Waals surface area contributed by atoms with Crippen LogP contribution in [-0.2, 0) is 14.8 Å². The minimum Gasteiger partial charge on any atom is -0.497 e. The van der Waals surface area contributed by atoms with Gasteiger partial charge in [0.25, 0.3) is 5.91 Å². The maximum Gasteiger partial charge on any atom is 0.251 e. The van der Waals surface area contributed by atoms with Crippen molar-refractivity contribution in [3.05, 3.63) is 29.8 Å². The summed E-state index contributed by atoms with van der Waals surface area (Å²) in [5.41, 5.74) is 0.473. The third kappa shape index (κ3) is 7.47. The number of ether oxygens (including phenoxy) is 1. The summed E-state index contributed by atoms with van der Waals surface area (Å²) >= 11 is 0. The van der Waals surface area contributed by atoms with Crippen LogP contribution in [-0.4, -0.2) is 52.2 Å². The van der Waals surface area contributed by atoms with Crippen LogP contribution in [0.4, 0.5) is 0 Å². The molecular weight excluding hydrogens is 382 g/mol. The minimum atomic E-state index is -3.66. The zero-order chi connectivity index (χ0) is 20.6. The largest absolute Gasteiger partial charge is 0.497 e. The van der Waals surface area contributed by atoms with Gasteiger partial charge in [-0.1, -0.05) is 6.92 Å². The van der Waals surface area contributed by atoms with Gasteiger partial charge in [0.15, 0.2) is 0 Å². The number of rotatable bonds is 9. The Labute approximate surface area is 166 Å². The molecule has 0 spiro atoms. The molecule has 0 aromatic heterocycles. The van der Waals surface area contributed by atoms with E-state index >= 15 is 0 Å². The molecule has 0 unspecified atom stereocenters. The Hall–Kier alpha value is -2.13. The van der Waals surface area contributed by atoms with Crippen molar-refractivity contribution in [3.63, 3.8) is 0 Å². The Balaban J connectivity index is 1.66. The molecule has 3 N–H and O–H groups in total. The minimum absolute atomic E-state index is 0.0854. The van der Waals surface area contributed by atoms with E-state index in [1.165, 1.54) is 0 Å². The summed E-state index contributed by atoms with van der Waals surface area (Å²) in [7, 11) is -2.12. The Morgan fingerprint density at radius 2 is 1.64 bits per heavy atom. The van der Waals surface area contributed by atoms with Crippen LogP contribution in [0.5, 0.6) is 5.75 Å². The van der Waals surface area contributed by atoms with Gasteiger partial charge >= 0.3 is 0 Å². The van der Waals surface area contributed by atoms with Crippen molar-refractivity contribution >= 4 is 21.8 Å². The van der Waals surface area contributed by atoms with Crippen molar-refractivity contribution in [1.29, 1.82) is 0 Å². The van der Waals surface area contributed by atoms with Crippen LogP contribution >= 0.6 is 0 Å². The van der Waals surface area contributed by atoms with E-state index in [2.05, 4.69) is 22.3 Å². The lowest BCUT2D eigenvalue weighted by Crippen LogP contribution is -2.43. The fourth-order valence-corrected chi connectivity index (χ4v) is 4.39. The van der Waals surface area contributed by atoms with Crippen LogP contribution in [0.2, 0.25) is 0 Å². The predicted octanol–water partition coefficient (Wildman–Crippen LogP) is 1.04. The van der Waals surface area contributed by atoms with Gasteiger partial charge in [-0.05, 0) is 55.9 Å². The molecule has 0 bridgehead atoms. The highest BCUT2D eigenvalue weighted by Crippen LogP contribution is 2.23. The molecule has 0 heterocycles. The number of methoxy groups -OCH3 is 1. The van der Waals surface area contributed by atoms with Crippen LogP contribution in [0.15, 0.2) is 24.3 Å². The molecule has 2 rings (SSSR count). The highest BCUT2D eigenvalue weighted by atomic mass is 32.2. The fourth-order valence-electron chi connectivity index (χ4n) is 3.12. The molecule has 156 valence electrons. The summed E-state index contributed by atoms with van der Waals surface area (Å²) < 4.78 is 31.9. The summed E-state index contributed by atoms with van der Waals surface area (Å²) in [5.74, 6) is -0.197. The van der Waals surface area contributed by atoms with Gasteiger partial charge in [0, 0.05) is 24.7 Å². The van der Waals surface area contributed by atoms with Crippen molar-refractivity contribution in [1.82, 2.24) is 15.4 Å². The Bertz CT molecular complexity index is 756. The Morgan fingerprint density at radius 3 is 2.25 bits per heavy atom. The summed E-state index contributed by atoms with van der Waals surface area (Å²) in [6, 6.07) is 6.55. The first-order chi connectivity index (χ1) is 13.3. The first-order valence-electron chi connectivity index (χ1n) is 9.48. The lowest BCUT2D eigenvalue weighted by atomic mass is 9.88. The Kier molecular flexibility index (Phi) is 8.25. The van der Waals surface area contributed by atoms with E-state index in [0.29, 0.717) is 17.2 Å². The number of carbonyl (C=O) groups is 2. The van der Waals surface area contributed by atoms with Crippen LogP contribution in [0.25, 0.3) is 0 Å². The second kappa shape index (κ2) is 10.4. The third-order valence-corrected chi connectivity index (χ3v) is 6.10. The average Bonchev–Trinajstić information content (AvgIpc) is 2.66. The van der Waals surface area contributed by atoms with Gasteiger partial charge in [-0.25, -0.2) is 13.1 Å². The van der Waals surface area contributed by atoms with E-state index in [4.69, 9.17) is 4.74 Å². The lowest BCUT2D eigenvalue weighted by Gasteiger charge is -2.26. The molecule has 1 aromatic rings. The smallest absolute Gasteiger partial charge is 0.251 e. The first kappa shape index (κ1) is 22.2. The van der Waals surface area contributed by atoms with Gasteiger partial charge in [-0.15, -0.1) is 0 Å². The topological polar surface area (TPSA) is 114 Å². The second-order valence-electron chi connectivity index (χ2n) is 7.17. The lowest BCUT2D eigenvalue weighted by molar-refractivity contribution is -0.118. The number of sulfonamides is 1. The molecule has 1 fully saturated rings. The summed E-state index contributed by atoms with van der Waals surface area (Å²) in [4.78, 5) is 23.9. The van der Waals surface area contributed by atoms with Crippen molar-refractivity contribution in [2.45, 2.75) is 38.6 Å². The molecule has 0 atom stereocenters. The molecule has 2 amide bonds. The van der Waals surface area contributed by atoms with E-state index in [1.54, 1.807) is 31.4 Å². The van der Waals surface area contributed by atoms with Crippen LogP contribution in [0, 0.1) is 5.92 Å². The number of amides is 2. The molecular formula is C19H29N3O5S. The van der Waals surface area contributed by atoms with E-state index < -0.39 is 21.7 Å². The maximum absolute atomic E-state index is 12.1. The van der Waals surface area contributed by atoms with Crippen molar-refractivity contribution in [2.75, 3.05) is 26.0 Å². The van der Waals surface area contributed by atoms with Gasteiger partial charge in [-0.3, -0.25) is 9.59 Å². The SMILES string of the molecule is COc1ccc(C(=O)NCCNC(=O)CS(=O)(=O)NC2CCC(C)CC2)cc1. The number of benzene rings is 1. The van der Waals surface area contributed by atoms with Crippen LogP contribution in [0.3, 0.4) is 0 Å². The van der Waals surface area contributed by atoms with E-state index in [-0.39, 0.29) is 25.0 Å². The van der Waals surface area contributed by atoms with Gasteiger partial charge < -0.3 is 15.4 Å². The summed E-state index contributed by atoms with van der Waals surface area (Å²) in [5, 5.41) is 5.18. The van der Waals surface area contributed by atoms with E-state index in [1.807, 2.05) is 0 Å². The van der Waals surface area contributed by atoms with Gasteiger partial charge in [0.05, 0.1) is 7.11 Å². The van der Waals surface area contributed by atoms with Crippen molar-refractivity contribution in [3.8, 4) is 5.75 Å². The highest BCUT2D eigenvalue weighted by molar-refractivity contribution is 7.90. The number of hydrogen-bond donors (Lipinski definition) is 3. The standard InChI is InChI=1S/C19H29N3O5S/c1-14-3-7-16(8-4-14)22-28(25,26)13-18(23)20-11-12-21-19(24)15-5-9-17(27-2)10-6-15/h5-6,9-10,14,16,22H,3-4,7-8,11-13H2,1-2H3,(H,20,23)(H,21,24). The molecule has 1 saturated carbocycles. The zero-order valence-electron chi connectivity index (χ0n) is 16.4. The molecule has 1 aliphatic rings. The molecule has 1 aliphatic carbocycles. The molecule has 0 radical (unpaired) electrons. The van der Waals surface area contributed by atoms with Crippen molar-refractivity contribution in [2.24, 2.45) is 5.92 Å². The summed E-state index contributed by atoms with van der Waals surface area (Å²) in [6.07, 6.45) is 3.60. The molecule has 1 aromatic carbocycles. The van der Waals surface area contributed by atoms with E-state index in [0.717, 1.165) is 25.7 Å². The molecule has 28 heavy (non-hydrogen) atoms. The molecule has 9 heteroatoms. The number of carbonyl (C=O) groups excluding carboxylic acids is 2. The molecule has 0 aliphatic heterocycles. The van der Waals surface area contributed by atoms with Crippen LogP contribution < -0.4 is 20.1 Å². The molecule has 8 nitrogen and oxygen atoms in total. The van der Waals surface area contributed by atoms with Crippen molar-refractivity contribution < 1.29 is 22.7 Å². The third-order valence-electron chi connectivity index (χ3n) is 4.77. The van der Waals surface area contributed by atoms with Gasteiger partial charge in [0.1, 0.15) is 11.5 Å². The summed E-state index contributed by atoms with van der Waals surface area (Å²) in [6.45, 7) is 2.51. The van der Waals surface area contributed by atoms with Gasteiger partial charge in [0.2, 0.25) is 15.9 Å². The Morgan fingerprint density at radius 1 is 1.04 bits per heavy atom. The monoisotopic (exact) mass is 411 g/mol. The highest BCUT2D eigenvalue weighted by Gasteiger charge is 2.24. The maximum atomic E-state index is 12.1. The van der Waals surface area contributed by atoms with Crippen LogP contribution in [0.1, 0.15) is 43.0 Å². The average molecular weight is 412 g/mol. The zero-order valence-corrected chi connectivity index (χ0v) is 17.2. The fraction of sp³-hybridized carbons (Fsp3) is 0.579. The first-order valence-corrected chi connectivity index (χ1v) is 11.1. The quantitative estimate of drug-likeness (QED) is 0.526. The normalized spacial score (nSPS) is 19.6. The number of hydrogen-bond acceptors (Lipinski definition) is 5. The number of nitrogens with one attached hydrogen (secondary N) is 3. The second-order valence-corrected chi connectivity index (χ2v) is 8.92.